The fourth-order valence-electron chi connectivity index (χ4n) is 1.71. The van der Waals surface area contributed by atoms with Crippen molar-refractivity contribution in [3.05, 3.63) is 0 Å². The van der Waals surface area contributed by atoms with Gasteiger partial charge in [-0.25, -0.2) is 8.78 Å². The lowest BCUT2D eigenvalue weighted by Crippen LogP contribution is -2.42. The molecule has 0 aliphatic heterocycles. The van der Waals surface area contributed by atoms with Crippen LogP contribution in [-0.4, -0.2) is 23.5 Å². The van der Waals surface area contributed by atoms with E-state index in [-0.39, 0.29) is 37.6 Å². The van der Waals surface area contributed by atoms with E-state index in [1.165, 1.54) is 0 Å². The maximum Gasteiger partial charge on any atom is 0.303 e. The third-order valence-electron chi connectivity index (χ3n) is 2.53. The molecule has 0 aromatic rings. The summed E-state index contributed by atoms with van der Waals surface area (Å²) in [4.78, 5) is 10.3. The molecule has 3 N–H and O–H groups in total. The Hall–Kier alpha value is -0.710. The molecule has 1 unspecified atom stereocenters. The highest BCUT2D eigenvalue weighted by molar-refractivity contribution is 5.67. The fraction of sp³-hybridized carbons (Fsp3) is 0.875. The number of alkyl halides is 2. The zero-order valence-electron chi connectivity index (χ0n) is 7.17. The Morgan fingerprint density at radius 2 is 2.15 bits per heavy atom. The minimum absolute atomic E-state index is 0.1000. The molecule has 1 rings (SSSR count). The van der Waals surface area contributed by atoms with Crippen LogP contribution in [0, 0.1) is 11.8 Å². The number of carboxylic acids is 1. The molecule has 1 atom stereocenters. The minimum atomic E-state index is -2.59. The van der Waals surface area contributed by atoms with Gasteiger partial charge in [-0.15, -0.1) is 0 Å². The molecule has 1 aliphatic carbocycles. The van der Waals surface area contributed by atoms with Crippen molar-refractivity contribution in [2.45, 2.75) is 25.2 Å². The van der Waals surface area contributed by atoms with Gasteiger partial charge in [-0.05, 0) is 18.4 Å². The molecule has 0 aromatic heterocycles. The van der Waals surface area contributed by atoms with E-state index in [4.69, 9.17) is 10.8 Å². The SMILES string of the molecule is NCC(CC(=O)O)C1CC(F)(F)C1. The van der Waals surface area contributed by atoms with E-state index >= 15 is 0 Å². The molecular formula is C8H13F2NO2. The van der Waals surface area contributed by atoms with Gasteiger partial charge in [0.25, 0.3) is 0 Å². The van der Waals surface area contributed by atoms with E-state index in [2.05, 4.69) is 0 Å². The van der Waals surface area contributed by atoms with Crippen LogP contribution in [0.15, 0.2) is 0 Å². The van der Waals surface area contributed by atoms with Gasteiger partial charge in [-0.1, -0.05) is 0 Å². The Morgan fingerprint density at radius 1 is 1.62 bits per heavy atom. The van der Waals surface area contributed by atoms with E-state index in [0.717, 1.165) is 0 Å². The largest absolute Gasteiger partial charge is 0.481 e. The van der Waals surface area contributed by atoms with Gasteiger partial charge >= 0.3 is 5.97 Å². The Morgan fingerprint density at radius 3 is 2.46 bits per heavy atom. The lowest BCUT2D eigenvalue weighted by atomic mass is 9.72. The smallest absolute Gasteiger partial charge is 0.303 e. The molecule has 1 aliphatic rings. The average Bonchev–Trinajstić information content (AvgIpc) is 1.95. The molecule has 1 fully saturated rings. The van der Waals surface area contributed by atoms with Crippen molar-refractivity contribution >= 4 is 5.97 Å². The predicted octanol–water partition coefficient (Wildman–Crippen LogP) is 1.08. The summed E-state index contributed by atoms with van der Waals surface area (Å²) in [5.41, 5.74) is 5.31. The summed E-state index contributed by atoms with van der Waals surface area (Å²) in [7, 11) is 0. The third kappa shape index (κ3) is 2.62. The summed E-state index contributed by atoms with van der Waals surface area (Å²) in [6.07, 6.45) is -0.512. The van der Waals surface area contributed by atoms with Crippen molar-refractivity contribution in [2.75, 3.05) is 6.54 Å². The molecular weight excluding hydrogens is 180 g/mol. The second kappa shape index (κ2) is 3.57. The van der Waals surface area contributed by atoms with Crippen LogP contribution < -0.4 is 5.73 Å². The maximum atomic E-state index is 12.4. The van der Waals surface area contributed by atoms with E-state index < -0.39 is 11.9 Å². The van der Waals surface area contributed by atoms with Crippen LogP contribution in [-0.2, 0) is 4.79 Å². The number of carboxylic acid groups (broad SMARTS) is 1. The van der Waals surface area contributed by atoms with Gasteiger partial charge in [0.1, 0.15) is 0 Å². The first-order chi connectivity index (χ1) is 5.94. The molecule has 0 radical (unpaired) electrons. The number of rotatable bonds is 4. The Labute approximate surface area is 74.9 Å². The van der Waals surface area contributed by atoms with Gasteiger partial charge < -0.3 is 10.8 Å². The molecule has 3 nitrogen and oxygen atoms in total. The number of hydrogen-bond acceptors (Lipinski definition) is 2. The Balaban J connectivity index is 2.37. The minimum Gasteiger partial charge on any atom is -0.481 e. The summed E-state index contributed by atoms with van der Waals surface area (Å²) >= 11 is 0. The van der Waals surface area contributed by atoms with Crippen LogP contribution in [0.5, 0.6) is 0 Å². The van der Waals surface area contributed by atoms with Gasteiger partial charge in [-0.3, -0.25) is 4.79 Å². The van der Waals surface area contributed by atoms with E-state index in [1.54, 1.807) is 0 Å². The normalized spacial score (nSPS) is 23.6. The molecule has 0 saturated heterocycles. The van der Waals surface area contributed by atoms with Crippen LogP contribution in [0.2, 0.25) is 0 Å². The zero-order chi connectivity index (χ0) is 10.1. The van der Waals surface area contributed by atoms with Crippen molar-refractivity contribution in [1.29, 1.82) is 0 Å². The summed E-state index contributed by atoms with van der Waals surface area (Å²) in [6, 6.07) is 0. The quantitative estimate of drug-likeness (QED) is 0.702. The highest BCUT2D eigenvalue weighted by Crippen LogP contribution is 2.46. The lowest BCUT2D eigenvalue weighted by molar-refractivity contribution is -0.146. The first-order valence-corrected chi connectivity index (χ1v) is 4.24. The van der Waals surface area contributed by atoms with Crippen molar-refractivity contribution in [1.82, 2.24) is 0 Å². The van der Waals surface area contributed by atoms with Crippen LogP contribution in [0.3, 0.4) is 0 Å². The second-order valence-electron chi connectivity index (χ2n) is 3.62. The number of nitrogens with two attached hydrogens (primary N) is 1. The van der Waals surface area contributed by atoms with E-state index in [0.29, 0.717) is 0 Å². The predicted molar refractivity (Wildman–Crippen MR) is 42.5 cm³/mol. The zero-order valence-corrected chi connectivity index (χ0v) is 7.17. The van der Waals surface area contributed by atoms with Crippen LogP contribution in [0.4, 0.5) is 8.78 Å². The third-order valence-corrected chi connectivity index (χ3v) is 2.53. The first kappa shape index (κ1) is 10.4. The van der Waals surface area contributed by atoms with Crippen molar-refractivity contribution in [2.24, 2.45) is 17.6 Å². The summed E-state index contributed by atoms with van der Waals surface area (Å²) in [5.74, 6) is -4.06. The second-order valence-corrected chi connectivity index (χ2v) is 3.62. The monoisotopic (exact) mass is 193 g/mol. The molecule has 0 heterocycles. The van der Waals surface area contributed by atoms with Gasteiger partial charge in [-0.2, -0.15) is 0 Å². The summed E-state index contributed by atoms with van der Waals surface area (Å²) in [5, 5.41) is 8.47. The van der Waals surface area contributed by atoms with Gasteiger partial charge in [0.15, 0.2) is 0 Å². The Bertz CT molecular complexity index is 200. The molecule has 1 saturated carbocycles. The molecule has 0 amide bonds. The standard InChI is InChI=1S/C8H13F2NO2/c9-8(10)2-6(3-8)5(4-11)1-7(12)13/h5-6H,1-4,11H2,(H,12,13). The fourth-order valence-corrected chi connectivity index (χ4v) is 1.71. The molecule has 0 spiro atoms. The summed E-state index contributed by atoms with van der Waals surface area (Å²) in [6.45, 7) is 0.174. The van der Waals surface area contributed by atoms with Crippen LogP contribution in [0.1, 0.15) is 19.3 Å². The molecule has 13 heavy (non-hydrogen) atoms. The van der Waals surface area contributed by atoms with Crippen molar-refractivity contribution in [3.63, 3.8) is 0 Å². The highest BCUT2D eigenvalue weighted by Gasteiger charge is 2.48. The van der Waals surface area contributed by atoms with Gasteiger partial charge in [0.2, 0.25) is 5.92 Å². The lowest BCUT2D eigenvalue weighted by Gasteiger charge is -2.39. The number of carbonyl (C=O) groups is 1. The number of hydrogen-bond donors (Lipinski definition) is 2. The van der Waals surface area contributed by atoms with Crippen LogP contribution in [0.25, 0.3) is 0 Å². The number of aliphatic carboxylic acids is 1. The Kier molecular flexibility index (Phi) is 2.85. The topological polar surface area (TPSA) is 63.3 Å². The van der Waals surface area contributed by atoms with Crippen molar-refractivity contribution in [3.8, 4) is 0 Å². The van der Waals surface area contributed by atoms with Gasteiger partial charge in [0, 0.05) is 19.3 Å². The van der Waals surface area contributed by atoms with Crippen molar-refractivity contribution < 1.29 is 18.7 Å². The van der Waals surface area contributed by atoms with E-state index in [1.807, 2.05) is 0 Å². The van der Waals surface area contributed by atoms with Crippen LogP contribution >= 0.6 is 0 Å². The number of halogens is 2. The maximum absolute atomic E-state index is 12.4. The summed E-state index contributed by atoms with van der Waals surface area (Å²) < 4.78 is 24.9. The van der Waals surface area contributed by atoms with Gasteiger partial charge in [0.05, 0.1) is 0 Å². The first-order valence-electron chi connectivity index (χ1n) is 4.24. The molecule has 76 valence electrons. The molecule has 0 aromatic carbocycles. The van der Waals surface area contributed by atoms with E-state index in [9.17, 15) is 13.6 Å². The molecule has 5 heteroatoms. The average molecular weight is 193 g/mol. The molecule has 0 bridgehead atoms. The highest BCUT2D eigenvalue weighted by atomic mass is 19.3.